The van der Waals surface area contributed by atoms with Crippen LogP contribution in [0.2, 0.25) is 0 Å². The first-order chi connectivity index (χ1) is 12.0. The molecule has 0 spiro atoms. The summed E-state index contributed by atoms with van der Waals surface area (Å²) < 4.78 is 17.1. The van der Waals surface area contributed by atoms with Gasteiger partial charge < -0.3 is 9.52 Å². The van der Waals surface area contributed by atoms with E-state index in [0.717, 1.165) is 4.90 Å². The SMILES string of the molecule is O=C(O)c1ccc(CS(=O)CCCN2C(=O)c3ccccc3C2=O)o1. The zero-order valence-corrected chi connectivity index (χ0v) is 14.0. The molecule has 0 saturated carbocycles. The Morgan fingerprint density at radius 1 is 1.08 bits per heavy atom. The van der Waals surface area contributed by atoms with Gasteiger partial charge in [0.05, 0.1) is 16.9 Å². The minimum absolute atomic E-state index is 0.0927. The lowest BCUT2D eigenvalue weighted by Crippen LogP contribution is -2.31. The molecule has 0 aliphatic carbocycles. The van der Waals surface area contributed by atoms with Crippen LogP contribution in [0.1, 0.15) is 43.5 Å². The van der Waals surface area contributed by atoms with E-state index in [2.05, 4.69) is 0 Å². The normalized spacial score (nSPS) is 14.6. The molecule has 0 radical (unpaired) electrons. The van der Waals surface area contributed by atoms with Crippen molar-refractivity contribution in [2.45, 2.75) is 12.2 Å². The second kappa shape index (κ2) is 7.02. The third kappa shape index (κ3) is 3.53. The van der Waals surface area contributed by atoms with Crippen molar-refractivity contribution in [3.8, 4) is 0 Å². The lowest BCUT2D eigenvalue weighted by molar-refractivity contribution is 0.0645. The standard InChI is InChI=1S/C17H15NO6S/c19-15-12-4-1-2-5-13(12)16(20)18(15)8-3-9-25(23)10-11-6-7-14(24-11)17(21)22/h1-2,4-7H,3,8-10H2,(H,21,22). The second-order valence-electron chi connectivity index (χ2n) is 5.52. The number of benzene rings is 1. The highest BCUT2D eigenvalue weighted by molar-refractivity contribution is 7.84. The van der Waals surface area contributed by atoms with Gasteiger partial charge in [-0.3, -0.25) is 18.7 Å². The quantitative estimate of drug-likeness (QED) is 0.755. The van der Waals surface area contributed by atoms with Crippen molar-refractivity contribution in [1.29, 1.82) is 0 Å². The number of furan rings is 1. The van der Waals surface area contributed by atoms with Crippen molar-refractivity contribution >= 4 is 28.6 Å². The number of hydrogen-bond acceptors (Lipinski definition) is 5. The lowest BCUT2D eigenvalue weighted by Gasteiger charge is -2.13. The Bertz CT molecular complexity index is 837. The molecule has 1 aromatic carbocycles. The van der Waals surface area contributed by atoms with E-state index in [4.69, 9.17) is 9.52 Å². The van der Waals surface area contributed by atoms with Crippen molar-refractivity contribution < 1.29 is 28.1 Å². The van der Waals surface area contributed by atoms with Crippen LogP contribution in [-0.4, -0.2) is 44.3 Å². The van der Waals surface area contributed by atoms with Crippen LogP contribution in [0, 0.1) is 0 Å². The van der Waals surface area contributed by atoms with Crippen LogP contribution in [0.5, 0.6) is 0 Å². The van der Waals surface area contributed by atoms with Crippen LogP contribution in [0.3, 0.4) is 0 Å². The monoisotopic (exact) mass is 361 g/mol. The number of fused-ring (bicyclic) bond motifs is 1. The van der Waals surface area contributed by atoms with Crippen LogP contribution in [0.4, 0.5) is 0 Å². The van der Waals surface area contributed by atoms with Crippen LogP contribution in [-0.2, 0) is 16.6 Å². The van der Waals surface area contributed by atoms with E-state index in [1.54, 1.807) is 24.3 Å². The van der Waals surface area contributed by atoms with Gasteiger partial charge in [0.15, 0.2) is 0 Å². The van der Waals surface area contributed by atoms with Crippen molar-refractivity contribution in [2.75, 3.05) is 12.3 Å². The molecular formula is C17H15NO6S. The topological polar surface area (TPSA) is 105 Å². The molecule has 7 nitrogen and oxygen atoms in total. The number of carboxylic acid groups (broad SMARTS) is 1. The average Bonchev–Trinajstić information content (AvgIpc) is 3.14. The third-order valence-electron chi connectivity index (χ3n) is 3.81. The third-order valence-corrected chi connectivity index (χ3v) is 5.16. The van der Waals surface area contributed by atoms with Crippen molar-refractivity contribution in [2.24, 2.45) is 0 Å². The molecule has 25 heavy (non-hydrogen) atoms. The van der Waals surface area contributed by atoms with Gasteiger partial charge in [-0.1, -0.05) is 12.1 Å². The number of rotatable bonds is 7. The van der Waals surface area contributed by atoms with Gasteiger partial charge in [0.1, 0.15) is 5.76 Å². The number of aromatic carboxylic acids is 1. The molecule has 1 unspecified atom stereocenters. The number of carboxylic acids is 1. The number of imide groups is 1. The van der Waals surface area contributed by atoms with Crippen molar-refractivity contribution in [1.82, 2.24) is 4.90 Å². The zero-order valence-electron chi connectivity index (χ0n) is 13.1. The molecule has 0 fully saturated rings. The Morgan fingerprint density at radius 2 is 1.72 bits per heavy atom. The Balaban J connectivity index is 1.51. The largest absolute Gasteiger partial charge is 0.475 e. The van der Waals surface area contributed by atoms with Crippen molar-refractivity contribution in [3.63, 3.8) is 0 Å². The molecule has 130 valence electrons. The highest BCUT2D eigenvalue weighted by Gasteiger charge is 2.34. The van der Waals surface area contributed by atoms with Gasteiger partial charge in [-0.15, -0.1) is 0 Å². The predicted octanol–water partition coefficient (Wildman–Crippen LogP) is 1.91. The van der Waals surface area contributed by atoms with E-state index < -0.39 is 16.8 Å². The van der Waals surface area contributed by atoms with Crippen LogP contribution in [0.25, 0.3) is 0 Å². The first-order valence-corrected chi connectivity index (χ1v) is 9.08. The number of hydrogen-bond donors (Lipinski definition) is 1. The van der Waals surface area contributed by atoms with Gasteiger partial charge in [-0.25, -0.2) is 4.79 Å². The zero-order chi connectivity index (χ0) is 18.0. The maximum atomic E-state index is 12.2. The summed E-state index contributed by atoms with van der Waals surface area (Å²) >= 11 is 0. The summed E-state index contributed by atoms with van der Waals surface area (Å²) in [6.07, 6.45) is 0.393. The van der Waals surface area contributed by atoms with Gasteiger partial charge in [-0.2, -0.15) is 0 Å². The molecule has 1 aliphatic heterocycles. The fraction of sp³-hybridized carbons (Fsp3) is 0.235. The molecule has 0 saturated heterocycles. The molecule has 8 heteroatoms. The molecule has 2 amide bonds. The van der Waals surface area contributed by atoms with Crippen molar-refractivity contribution in [3.05, 3.63) is 59.0 Å². The van der Waals surface area contributed by atoms with E-state index in [1.165, 1.54) is 12.1 Å². The second-order valence-corrected chi connectivity index (χ2v) is 7.10. The Labute approximate surface area is 145 Å². The fourth-order valence-electron chi connectivity index (χ4n) is 2.63. The molecule has 1 aromatic heterocycles. The lowest BCUT2D eigenvalue weighted by atomic mass is 10.1. The summed E-state index contributed by atoms with van der Waals surface area (Å²) in [5.41, 5.74) is 0.788. The smallest absolute Gasteiger partial charge is 0.371 e. The van der Waals surface area contributed by atoms with Gasteiger partial charge >= 0.3 is 5.97 Å². The highest BCUT2D eigenvalue weighted by atomic mass is 32.2. The number of amides is 2. The minimum atomic E-state index is -1.28. The van der Waals surface area contributed by atoms with Gasteiger partial charge in [0, 0.05) is 23.1 Å². The Morgan fingerprint density at radius 3 is 2.28 bits per heavy atom. The van der Waals surface area contributed by atoms with Gasteiger partial charge in [0.2, 0.25) is 5.76 Å². The van der Waals surface area contributed by atoms with E-state index >= 15 is 0 Å². The first kappa shape index (κ1) is 17.1. The summed E-state index contributed by atoms with van der Waals surface area (Å²) in [7, 11) is -1.28. The average molecular weight is 361 g/mol. The Hall–Kier alpha value is -2.74. The highest BCUT2D eigenvalue weighted by Crippen LogP contribution is 2.22. The molecule has 1 aliphatic rings. The molecule has 2 aromatic rings. The van der Waals surface area contributed by atoms with E-state index in [9.17, 15) is 18.6 Å². The fourth-order valence-corrected chi connectivity index (χ4v) is 3.70. The van der Waals surface area contributed by atoms with Crippen LogP contribution < -0.4 is 0 Å². The van der Waals surface area contributed by atoms with E-state index in [-0.39, 0.29) is 35.6 Å². The predicted molar refractivity (Wildman–Crippen MR) is 88.8 cm³/mol. The molecule has 2 heterocycles. The van der Waals surface area contributed by atoms with Crippen LogP contribution >= 0.6 is 0 Å². The molecule has 0 bridgehead atoms. The molecule has 3 rings (SSSR count). The van der Waals surface area contributed by atoms with Gasteiger partial charge in [-0.05, 0) is 30.7 Å². The summed E-state index contributed by atoms with van der Waals surface area (Å²) in [5.74, 6) is -1.34. The summed E-state index contributed by atoms with van der Waals surface area (Å²) in [6, 6.07) is 9.43. The maximum Gasteiger partial charge on any atom is 0.371 e. The van der Waals surface area contributed by atoms with E-state index in [0.29, 0.717) is 23.3 Å². The maximum absolute atomic E-state index is 12.2. The summed E-state index contributed by atoms with van der Waals surface area (Å²) in [5, 5.41) is 8.78. The molecular weight excluding hydrogens is 346 g/mol. The summed E-state index contributed by atoms with van der Waals surface area (Å²) in [4.78, 5) is 36.3. The first-order valence-electron chi connectivity index (χ1n) is 7.59. The molecule has 1 N–H and O–H groups in total. The number of carbonyl (C=O) groups is 3. The number of carbonyl (C=O) groups excluding carboxylic acids is 2. The van der Waals surface area contributed by atoms with Gasteiger partial charge in [0.25, 0.3) is 11.8 Å². The number of nitrogens with zero attached hydrogens (tertiary/aromatic N) is 1. The Kier molecular flexibility index (Phi) is 4.80. The molecule has 1 atom stereocenters. The summed E-state index contributed by atoms with van der Waals surface area (Å²) in [6.45, 7) is 0.191. The minimum Gasteiger partial charge on any atom is -0.475 e. The van der Waals surface area contributed by atoms with E-state index in [1.807, 2.05) is 0 Å². The van der Waals surface area contributed by atoms with Crippen LogP contribution in [0.15, 0.2) is 40.8 Å².